The Morgan fingerprint density at radius 3 is 1.68 bits per heavy atom. The molecule has 0 radical (unpaired) electrons. The fraction of sp³-hybridized carbons (Fsp3) is 0.250. The van der Waals surface area contributed by atoms with Crippen molar-refractivity contribution in [2.75, 3.05) is 14.1 Å². The third kappa shape index (κ3) is 3.44. The van der Waals surface area contributed by atoms with Crippen molar-refractivity contribution in [3.05, 3.63) is 70.2 Å². The molecular formula is C16H19BrN2. The highest BCUT2D eigenvalue weighted by Gasteiger charge is 2.21. The first-order valence-electron chi connectivity index (χ1n) is 6.41. The van der Waals surface area contributed by atoms with Gasteiger partial charge in [-0.25, -0.2) is 0 Å². The van der Waals surface area contributed by atoms with Gasteiger partial charge in [0.15, 0.2) is 0 Å². The van der Waals surface area contributed by atoms with E-state index < -0.39 is 0 Å². The van der Waals surface area contributed by atoms with Gasteiger partial charge in [-0.15, -0.1) is 0 Å². The Hall–Kier alpha value is -1.16. The second-order valence-corrected chi connectivity index (χ2v) is 5.41. The number of benzene rings is 2. The Bertz CT molecular complexity index is 496. The van der Waals surface area contributed by atoms with Crippen LogP contribution in [0.1, 0.15) is 23.2 Å². The summed E-state index contributed by atoms with van der Waals surface area (Å²) in [5, 5.41) is 6.82. The maximum atomic E-state index is 3.48. The highest BCUT2D eigenvalue weighted by atomic mass is 79.9. The van der Waals surface area contributed by atoms with Crippen LogP contribution in [0.4, 0.5) is 0 Å². The van der Waals surface area contributed by atoms with Crippen molar-refractivity contribution < 1.29 is 0 Å². The van der Waals surface area contributed by atoms with Crippen LogP contribution in [0, 0.1) is 0 Å². The van der Waals surface area contributed by atoms with E-state index in [0.29, 0.717) is 0 Å². The molecule has 2 aromatic carbocycles. The van der Waals surface area contributed by atoms with E-state index in [4.69, 9.17) is 0 Å². The highest BCUT2D eigenvalue weighted by molar-refractivity contribution is 9.10. The lowest BCUT2D eigenvalue weighted by Gasteiger charge is -2.27. The summed E-state index contributed by atoms with van der Waals surface area (Å²) in [5.41, 5.74) is 2.56. The molecule has 0 heterocycles. The molecule has 2 nitrogen and oxygen atoms in total. The average Bonchev–Trinajstić information content (AvgIpc) is 2.47. The van der Waals surface area contributed by atoms with Gasteiger partial charge in [-0.3, -0.25) is 0 Å². The molecule has 2 rings (SSSR count). The zero-order valence-corrected chi connectivity index (χ0v) is 12.8. The molecule has 0 saturated heterocycles. The van der Waals surface area contributed by atoms with Gasteiger partial charge in [0.1, 0.15) is 0 Å². The maximum absolute atomic E-state index is 3.48. The third-order valence-corrected chi connectivity index (χ3v) is 3.87. The minimum Gasteiger partial charge on any atom is -0.311 e. The van der Waals surface area contributed by atoms with Crippen LogP contribution >= 0.6 is 15.9 Å². The Morgan fingerprint density at radius 1 is 0.737 bits per heavy atom. The Labute approximate surface area is 123 Å². The molecule has 19 heavy (non-hydrogen) atoms. The summed E-state index contributed by atoms with van der Waals surface area (Å²) < 4.78 is 1.10. The van der Waals surface area contributed by atoms with E-state index in [2.05, 4.69) is 75.1 Å². The highest BCUT2D eigenvalue weighted by Crippen LogP contribution is 2.28. The molecule has 0 aliphatic carbocycles. The van der Waals surface area contributed by atoms with Crippen molar-refractivity contribution in [2.24, 2.45) is 0 Å². The first-order valence-corrected chi connectivity index (χ1v) is 7.20. The lowest BCUT2D eigenvalue weighted by atomic mass is 9.93. The van der Waals surface area contributed by atoms with Crippen LogP contribution < -0.4 is 10.6 Å². The second-order valence-electron chi connectivity index (χ2n) is 4.49. The van der Waals surface area contributed by atoms with Crippen molar-refractivity contribution in [1.29, 1.82) is 0 Å². The minimum atomic E-state index is 0.237. The second kappa shape index (κ2) is 6.85. The van der Waals surface area contributed by atoms with Crippen molar-refractivity contribution in [1.82, 2.24) is 10.6 Å². The molecule has 2 aromatic rings. The standard InChI is InChI=1S/C16H19BrN2/c1-18-15(12-6-4-3-5-7-12)16(19-2)13-8-10-14(17)11-9-13/h3-11,15-16,18-19H,1-2H3. The van der Waals surface area contributed by atoms with Crippen LogP contribution in [0.15, 0.2) is 59.1 Å². The van der Waals surface area contributed by atoms with Crippen LogP contribution in [-0.2, 0) is 0 Å². The zero-order chi connectivity index (χ0) is 13.7. The zero-order valence-electron chi connectivity index (χ0n) is 11.2. The molecule has 0 aliphatic rings. The minimum absolute atomic E-state index is 0.237. The molecule has 0 aromatic heterocycles. The van der Waals surface area contributed by atoms with Crippen molar-refractivity contribution in [2.45, 2.75) is 12.1 Å². The van der Waals surface area contributed by atoms with Gasteiger partial charge in [0.25, 0.3) is 0 Å². The van der Waals surface area contributed by atoms with Crippen molar-refractivity contribution >= 4 is 15.9 Å². The van der Waals surface area contributed by atoms with Crippen LogP contribution in [0.25, 0.3) is 0 Å². The molecule has 2 atom stereocenters. The summed E-state index contributed by atoms with van der Waals surface area (Å²) in [6, 6.07) is 19.5. The Morgan fingerprint density at radius 2 is 1.21 bits per heavy atom. The molecule has 0 aliphatic heterocycles. The normalized spacial score (nSPS) is 14.1. The monoisotopic (exact) mass is 318 g/mol. The number of nitrogens with one attached hydrogen (secondary N) is 2. The molecule has 0 spiro atoms. The van der Waals surface area contributed by atoms with E-state index in [9.17, 15) is 0 Å². The molecule has 0 amide bonds. The maximum Gasteiger partial charge on any atom is 0.0515 e. The number of halogens is 1. The topological polar surface area (TPSA) is 24.1 Å². The summed E-state index contributed by atoms with van der Waals surface area (Å²) in [6.45, 7) is 0. The van der Waals surface area contributed by atoms with Gasteiger partial charge in [-0.1, -0.05) is 58.4 Å². The summed E-state index contributed by atoms with van der Waals surface area (Å²) in [6.07, 6.45) is 0. The molecule has 2 unspecified atom stereocenters. The van der Waals surface area contributed by atoms with Crippen LogP contribution in [-0.4, -0.2) is 14.1 Å². The molecule has 0 fully saturated rings. The van der Waals surface area contributed by atoms with E-state index >= 15 is 0 Å². The van der Waals surface area contributed by atoms with Gasteiger partial charge in [-0.2, -0.15) is 0 Å². The molecule has 2 N–H and O–H groups in total. The van der Waals surface area contributed by atoms with Gasteiger partial charge in [0.05, 0.1) is 12.1 Å². The van der Waals surface area contributed by atoms with Gasteiger partial charge < -0.3 is 10.6 Å². The number of likely N-dealkylation sites (N-methyl/N-ethyl adjacent to an activating group) is 2. The number of hydrogen-bond acceptors (Lipinski definition) is 2. The van der Waals surface area contributed by atoms with Crippen molar-refractivity contribution in [3.63, 3.8) is 0 Å². The van der Waals surface area contributed by atoms with E-state index in [1.165, 1.54) is 11.1 Å². The summed E-state index contributed by atoms with van der Waals surface area (Å²) in [4.78, 5) is 0. The van der Waals surface area contributed by atoms with Crippen LogP contribution in [0.3, 0.4) is 0 Å². The predicted molar refractivity (Wildman–Crippen MR) is 84.2 cm³/mol. The van der Waals surface area contributed by atoms with Crippen molar-refractivity contribution in [3.8, 4) is 0 Å². The molecule has 0 bridgehead atoms. The van der Waals surface area contributed by atoms with E-state index in [-0.39, 0.29) is 12.1 Å². The van der Waals surface area contributed by atoms with Crippen LogP contribution in [0.5, 0.6) is 0 Å². The summed E-state index contributed by atoms with van der Waals surface area (Å²) in [7, 11) is 4.00. The molecule has 3 heteroatoms. The summed E-state index contributed by atoms with van der Waals surface area (Å²) in [5.74, 6) is 0. The molecular weight excluding hydrogens is 300 g/mol. The molecule has 0 saturated carbocycles. The van der Waals surface area contributed by atoms with E-state index in [1.54, 1.807) is 0 Å². The van der Waals surface area contributed by atoms with Gasteiger partial charge in [0, 0.05) is 4.47 Å². The predicted octanol–water partition coefficient (Wildman–Crippen LogP) is 3.67. The van der Waals surface area contributed by atoms with E-state index in [1.807, 2.05) is 20.2 Å². The Kier molecular flexibility index (Phi) is 5.14. The van der Waals surface area contributed by atoms with Crippen LogP contribution in [0.2, 0.25) is 0 Å². The number of hydrogen-bond donors (Lipinski definition) is 2. The molecule has 100 valence electrons. The first-order chi connectivity index (χ1) is 9.26. The average molecular weight is 319 g/mol. The fourth-order valence-corrected chi connectivity index (χ4v) is 2.65. The van der Waals surface area contributed by atoms with E-state index in [0.717, 1.165) is 4.47 Å². The quantitative estimate of drug-likeness (QED) is 0.879. The number of rotatable bonds is 5. The van der Waals surface area contributed by atoms with Gasteiger partial charge in [-0.05, 0) is 37.4 Å². The first kappa shape index (κ1) is 14.3. The Balaban J connectivity index is 2.31. The SMILES string of the molecule is CNC(c1ccccc1)C(NC)c1ccc(Br)cc1. The lowest BCUT2D eigenvalue weighted by molar-refractivity contribution is 0.432. The summed E-state index contributed by atoms with van der Waals surface area (Å²) >= 11 is 3.48. The largest absolute Gasteiger partial charge is 0.311 e. The third-order valence-electron chi connectivity index (χ3n) is 3.34. The lowest BCUT2D eigenvalue weighted by Crippen LogP contribution is -2.31. The smallest absolute Gasteiger partial charge is 0.0515 e. The van der Waals surface area contributed by atoms with Gasteiger partial charge >= 0.3 is 0 Å². The fourth-order valence-electron chi connectivity index (χ4n) is 2.38. The van der Waals surface area contributed by atoms with Gasteiger partial charge in [0.2, 0.25) is 0 Å².